The average Bonchev–Trinajstić information content (AvgIpc) is 3.02. The summed E-state index contributed by atoms with van der Waals surface area (Å²) in [5.74, 6) is 0.642. The van der Waals surface area contributed by atoms with Crippen molar-refractivity contribution in [3.8, 4) is 0 Å². The molecule has 1 aromatic rings. The molecular weight excluding hydrogens is 308 g/mol. The fourth-order valence-corrected chi connectivity index (χ4v) is 4.99. The quantitative estimate of drug-likeness (QED) is 0.925. The highest BCUT2D eigenvalue weighted by molar-refractivity contribution is 7.99. The molecule has 23 heavy (non-hydrogen) atoms. The zero-order chi connectivity index (χ0) is 16.2. The average molecular weight is 332 g/mol. The van der Waals surface area contributed by atoms with Crippen molar-refractivity contribution in [2.45, 2.75) is 56.5 Å². The smallest absolute Gasteiger partial charge is 0.243 e. The highest BCUT2D eigenvalue weighted by atomic mass is 32.2. The first-order valence-electron chi connectivity index (χ1n) is 8.42. The van der Waals surface area contributed by atoms with Crippen molar-refractivity contribution in [3.05, 3.63) is 35.9 Å². The van der Waals surface area contributed by atoms with E-state index in [9.17, 15) is 9.59 Å². The highest BCUT2D eigenvalue weighted by Gasteiger charge is 2.41. The predicted molar refractivity (Wildman–Crippen MR) is 93.0 cm³/mol. The van der Waals surface area contributed by atoms with Crippen molar-refractivity contribution in [3.63, 3.8) is 0 Å². The summed E-state index contributed by atoms with van der Waals surface area (Å²) < 4.78 is 0. The predicted octanol–water partition coefficient (Wildman–Crippen LogP) is 3.10. The van der Waals surface area contributed by atoms with E-state index in [0.29, 0.717) is 5.75 Å². The third kappa shape index (κ3) is 3.71. The van der Waals surface area contributed by atoms with Gasteiger partial charge in [0.05, 0.1) is 0 Å². The van der Waals surface area contributed by atoms with Crippen LogP contribution in [0.1, 0.15) is 50.0 Å². The summed E-state index contributed by atoms with van der Waals surface area (Å²) in [6.07, 6.45) is 5.77. The van der Waals surface area contributed by atoms with E-state index in [0.717, 1.165) is 18.4 Å². The van der Waals surface area contributed by atoms with Gasteiger partial charge in [-0.05, 0) is 18.4 Å². The van der Waals surface area contributed by atoms with Crippen LogP contribution in [-0.2, 0) is 9.59 Å². The van der Waals surface area contributed by atoms with Crippen LogP contribution in [-0.4, -0.2) is 34.6 Å². The highest BCUT2D eigenvalue weighted by Crippen LogP contribution is 2.41. The first kappa shape index (κ1) is 16.4. The van der Waals surface area contributed by atoms with Crippen molar-refractivity contribution in [1.82, 2.24) is 10.2 Å². The second-order valence-electron chi connectivity index (χ2n) is 6.38. The molecule has 0 unspecified atom stereocenters. The Morgan fingerprint density at radius 3 is 2.48 bits per heavy atom. The number of carbonyl (C=O) groups excluding carboxylic acids is 2. The van der Waals surface area contributed by atoms with Crippen LogP contribution in [0.3, 0.4) is 0 Å². The molecule has 1 aliphatic carbocycles. The maximum Gasteiger partial charge on any atom is 0.243 e. The van der Waals surface area contributed by atoms with Crippen molar-refractivity contribution >= 4 is 23.6 Å². The van der Waals surface area contributed by atoms with E-state index in [1.54, 1.807) is 23.6 Å². The molecule has 0 radical (unpaired) electrons. The number of hydrogen-bond acceptors (Lipinski definition) is 3. The third-order valence-corrected chi connectivity index (χ3v) is 6.03. The molecule has 1 aromatic carbocycles. The Morgan fingerprint density at radius 2 is 1.83 bits per heavy atom. The molecule has 0 aromatic heterocycles. The summed E-state index contributed by atoms with van der Waals surface area (Å²) in [7, 11) is 0. The Labute approximate surface area is 142 Å². The minimum atomic E-state index is -0.357. The van der Waals surface area contributed by atoms with Crippen LogP contribution >= 0.6 is 11.8 Å². The van der Waals surface area contributed by atoms with Crippen LogP contribution in [0.2, 0.25) is 0 Å². The van der Waals surface area contributed by atoms with E-state index in [-0.39, 0.29) is 29.3 Å². The van der Waals surface area contributed by atoms with E-state index in [4.69, 9.17) is 0 Å². The number of nitrogens with zero attached hydrogens (tertiary/aromatic N) is 1. The van der Waals surface area contributed by atoms with Crippen LogP contribution in [0.25, 0.3) is 0 Å². The number of carbonyl (C=O) groups is 2. The van der Waals surface area contributed by atoms with Gasteiger partial charge in [0.15, 0.2) is 0 Å². The lowest BCUT2D eigenvalue weighted by Gasteiger charge is -2.30. The fraction of sp³-hybridized carbons (Fsp3) is 0.556. The summed E-state index contributed by atoms with van der Waals surface area (Å²) in [4.78, 5) is 26.6. The molecule has 1 N–H and O–H groups in total. The molecule has 2 aliphatic rings. The number of benzene rings is 1. The second kappa shape index (κ2) is 7.39. The van der Waals surface area contributed by atoms with Gasteiger partial charge in [0.1, 0.15) is 11.4 Å². The van der Waals surface area contributed by atoms with Gasteiger partial charge < -0.3 is 10.2 Å². The van der Waals surface area contributed by atoms with E-state index in [1.165, 1.54) is 19.3 Å². The van der Waals surface area contributed by atoms with Gasteiger partial charge in [0.2, 0.25) is 11.8 Å². The Morgan fingerprint density at radius 1 is 1.13 bits per heavy atom. The molecule has 2 amide bonds. The fourth-order valence-electron chi connectivity index (χ4n) is 3.51. The largest absolute Gasteiger partial charge is 0.352 e. The van der Waals surface area contributed by atoms with Gasteiger partial charge in [0, 0.05) is 18.7 Å². The Bertz CT molecular complexity index is 557. The van der Waals surface area contributed by atoms with Crippen molar-refractivity contribution in [1.29, 1.82) is 0 Å². The van der Waals surface area contributed by atoms with Crippen LogP contribution in [0.5, 0.6) is 0 Å². The van der Waals surface area contributed by atoms with Crippen molar-refractivity contribution in [2.75, 3.05) is 5.75 Å². The zero-order valence-electron chi connectivity index (χ0n) is 13.5. The molecule has 1 heterocycles. The zero-order valence-corrected chi connectivity index (χ0v) is 14.3. The second-order valence-corrected chi connectivity index (χ2v) is 7.50. The minimum Gasteiger partial charge on any atom is -0.352 e. The van der Waals surface area contributed by atoms with Gasteiger partial charge in [-0.25, -0.2) is 0 Å². The van der Waals surface area contributed by atoms with Crippen LogP contribution in [0.4, 0.5) is 0 Å². The maximum absolute atomic E-state index is 12.7. The molecule has 1 aliphatic heterocycles. The lowest BCUT2D eigenvalue weighted by atomic mass is 9.95. The van der Waals surface area contributed by atoms with Crippen molar-refractivity contribution < 1.29 is 9.59 Å². The van der Waals surface area contributed by atoms with Gasteiger partial charge in [-0.15, -0.1) is 11.8 Å². The van der Waals surface area contributed by atoms with E-state index < -0.39 is 0 Å². The molecule has 3 rings (SSSR count). The molecule has 5 heteroatoms. The van der Waals surface area contributed by atoms with E-state index in [2.05, 4.69) is 5.32 Å². The third-order valence-electron chi connectivity index (χ3n) is 4.70. The molecule has 2 atom stereocenters. The summed E-state index contributed by atoms with van der Waals surface area (Å²) in [5.41, 5.74) is 1.08. The van der Waals surface area contributed by atoms with Crippen LogP contribution in [0.15, 0.2) is 30.3 Å². The number of rotatable bonds is 3. The molecule has 1 saturated heterocycles. The van der Waals surface area contributed by atoms with E-state index in [1.807, 2.05) is 30.3 Å². The van der Waals surface area contributed by atoms with Crippen molar-refractivity contribution in [2.24, 2.45) is 0 Å². The first-order chi connectivity index (χ1) is 11.2. The van der Waals surface area contributed by atoms with Crippen LogP contribution in [0, 0.1) is 0 Å². The van der Waals surface area contributed by atoms with E-state index >= 15 is 0 Å². The molecule has 0 spiro atoms. The maximum atomic E-state index is 12.7. The lowest BCUT2D eigenvalue weighted by Crippen LogP contribution is -2.50. The number of nitrogens with one attached hydrogen (secondary N) is 1. The van der Waals surface area contributed by atoms with Crippen LogP contribution < -0.4 is 5.32 Å². The summed E-state index contributed by atoms with van der Waals surface area (Å²) >= 11 is 1.67. The Kier molecular flexibility index (Phi) is 5.26. The molecule has 0 bridgehead atoms. The summed E-state index contributed by atoms with van der Waals surface area (Å²) in [6, 6.07) is 9.89. The Hall–Kier alpha value is -1.49. The van der Waals surface area contributed by atoms with Gasteiger partial charge >= 0.3 is 0 Å². The molecule has 124 valence electrons. The molecule has 2 fully saturated rings. The molecular formula is C18H24N2O2S. The standard InChI is InChI=1S/C18H24N2O2S/c1-13(21)20-16(17(22)19-15-10-6-3-7-11-15)12-23-18(20)14-8-4-2-5-9-14/h2,4-5,8-9,15-16,18H,3,6-7,10-12H2,1H3,(H,19,22)/t16-,18-/m0/s1. The molecule has 4 nitrogen and oxygen atoms in total. The summed E-state index contributed by atoms with van der Waals surface area (Å²) in [5, 5.41) is 3.11. The van der Waals surface area contributed by atoms with Gasteiger partial charge in [-0.2, -0.15) is 0 Å². The number of amides is 2. The number of thioether (sulfide) groups is 1. The topological polar surface area (TPSA) is 49.4 Å². The lowest BCUT2D eigenvalue weighted by molar-refractivity contribution is -0.138. The summed E-state index contributed by atoms with van der Waals surface area (Å²) in [6.45, 7) is 1.56. The SMILES string of the molecule is CC(=O)N1[C@H](C(=O)NC2CCCCC2)CS[C@H]1c1ccccc1. The van der Waals surface area contributed by atoms with Gasteiger partial charge in [-0.1, -0.05) is 49.6 Å². The van der Waals surface area contributed by atoms with Gasteiger partial charge in [-0.3, -0.25) is 9.59 Å². The molecule has 1 saturated carbocycles. The first-order valence-corrected chi connectivity index (χ1v) is 9.47. The number of hydrogen-bond donors (Lipinski definition) is 1. The monoisotopic (exact) mass is 332 g/mol. The minimum absolute atomic E-state index is 0.0121. The van der Waals surface area contributed by atoms with Gasteiger partial charge in [0.25, 0.3) is 0 Å². The normalized spacial score (nSPS) is 25.3. The Balaban J connectivity index is 1.71.